The number of aliphatic hydroxyl groups is 1. The summed E-state index contributed by atoms with van der Waals surface area (Å²) in [6, 6.07) is 8.73. The predicted molar refractivity (Wildman–Crippen MR) is 84.7 cm³/mol. The van der Waals surface area contributed by atoms with Crippen molar-refractivity contribution in [1.82, 2.24) is 9.88 Å². The van der Waals surface area contributed by atoms with Crippen LogP contribution in [0.1, 0.15) is 10.4 Å². The number of nitrogen functional groups attached to an aromatic ring is 1. The molecule has 6 heteroatoms. The highest BCUT2D eigenvalue weighted by Crippen LogP contribution is 2.32. The first-order valence-corrected chi connectivity index (χ1v) is 6.83. The summed E-state index contributed by atoms with van der Waals surface area (Å²) in [6.07, 6.45) is 1.60. The molecule has 0 aliphatic heterocycles. The van der Waals surface area contributed by atoms with E-state index in [9.17, 15) is 4.79 Å². The lowest BCUT2D eigenvalue weighted by Gasteiger charge is -2.16. The molecule has 116 valence electrons. The molecule has 1 heterocycles. The molecular formula is C16H19N3O3. The maximum atomic E-state index is 12.3. The number of hydrogen-bond acceptors (Lipinski definition) is 5. The summed E-state index contributed by atoms with van der Waals surface area (Å²) < 4.78 is 5.30. The van der Waals surface area contributed by atoms with Gasteiger partial charge < -0.3 is 20.5 Å². The van der Waals surface area contributed by atoms with Gasteiger partial charge in [0, 0.05) is 30.9 Å². The second-order valence-corrected chi connectivity index (χ2v) is 4.81. The molecule has 0 aliphatic rings. The van der Waals surface area contributed by atoms with Crippen LogP contribution >= 0.6 is 0 Å². The summed E-state index contributed by atoms with van der Waals surface area (Å²) in [5.41, 5.74) is 8.22. The highest BCUT2D eigenvalue weighted by Gasteiger charge is 2.15. The molecule has 0 bridgehead atoms. The normalized spacial score (nSPS) is 10.3. The van der Waals surface area contributed by atoms with E-state index in [1.807, 2.05) is 6.07 Å². The van der Waals surface area contributed by atoms with Crippen LogP contribution in [0.5, 0.6) is 5.75 Å². The van der Waals surface area contributed by atoms with Gasteiger partial charge in [0.05, 0.1) is 19.4 Å². The number of ether oxygens (including phenoxy) is 1. The summed E-state index contributed by atoms with van der Waals surface area (Å²) in [5, 5.41) is 8.93. The monoisotopic (exact) mass is 301 g/mol. The van der Waals surface area contributed by atoms with Crippen molar-refractivity contribution in [3.8, 4) is 17.0 Å². The molecule has 3 N–H and O–H groups in total. The van der Waals surface area contributed by atoms with E-state index >= 15 is 0 Å². The third-order valence-electron chi connectivity index (χ3n) is 3.30. The van der Waals surface area contributed by atoms with Gasteiger partial charge in [-0.2, -0.15) is 0 Å². The lowest BCUT2D eigenvalue weighted by Crippen LogP contribution is -2.29. The summed E-state index contributed by atoms with van der Waals surface area (Å²) in [4.78, 5) is 18.0. The molecule has 0 unspecified atom stereocenters. The van der Waals surface area contributed by atoms with Gasteiger partial charge in [0.25, 0.3) is 5.91 Å². The van der Waals surface area contributed by atoms with E-state index < -0.39 is 0 Å². The molecule has 2 rings (SSSR count). The largest absolute Gasteiger partial charge is 0.492 e. The Morgan fingerprint density at radius 2 is 2.18 bits per heavy atom. The molecule has 22 heavy (non-hydrogen) atoms. The fourth-order valence-electron chi connectivity index (χ4n) is 2.15. The number of nitrogens with two attached hydrogens (primary N) is 1. The van der Waals surface area contributed by atoms with Crippen molar-refractivity contribution in [2.45, 2.75) is 0 Å². The van der Waals surface area contributed by atoms with Gasteiger partial charge in [0.15, 0.2) is 5.75 Å². The van der Waals surface area contributed by atoms with Crippen LogP contribution in [-0.2, 0) is 0 Å². The van der Waals surface area contributed by atoms with Crippen LogP contribution in [0.25, 0.3) is 11.3 Å². The van der Waals surface area contributed by atoms with Gasteiger partial charge in [0.1, 0.15) is 5.69 Å². The first-order valence-electron chi connectivity index (χ1n) is 6.83. The van der Waals surface area contributed by atoms with E-state index in [1.165, 1.54) is 12.0 Å². The summed E-state index contributed by atoms with van der Waals surface area (Å²) in [6.45, 7) is 0.204. The number of benzene rings is 1. The van der Waals surface area contributed by atoms with Gasteiger partial charge in [-0.05, 0) is 18.2 Å². The Morgan fingerprint density at radius 3 is 2.86 bits per heavy atom. The van der Waals surface area contributed by atoms with Gasteiger partial charge in [-0.1, -0.05) is 12.1 Å². The van der Waals surface area contributed by atoms with E-state index in [-0.39, 0.29) is 19.1 Å². The molecule has 0 saturated heterocycles. The Labute approximate surface area is 129 Å². The van der Waals surface area contributed by atoms with E-state index in [4.69, 9.17) is 15.6 Å². The van der Waals surface area contributed by atoms with Crippen LogP contribution in [-0.4, -0.2) is 48.2 Å². The molecule has 0 radical (unpaired) electrons. The fraction of sp³-hybridized carbons (Fsp3) is 0.250. The fourth-order valence-corrected chi connectivity index (χ4v) is 2.15. The van der Waals surface area contributed by atoms with E-state index in [2.05, 4.69) is 4.98 Å². The molecule has 6 nitrogen and oxygen atoms in total. The lowest BCUT2D eigenvalue weighted by atomic mass is 10.1. The van der Waals surface area contributed by atoms with E-state index in [1.54, 1.807) is 37.5 Å². The number of anilines is 1. The molecule has 1 aromatic carbocycles. The van der Waals surface area contributed by atoms with Crippen LogP contribution in [0.4, 0.5) is 5.69 Å². The van der Waals surface area contributed by atoms with Gasteiger partial charge in [0.2, 0.25) is 0 Å². The zero-order valence-electron chi connectivity index (χ0n) is 12.6. The average molecular weight is 301 g/mol. The molecule has 2 aromatic rings. The number of aliphatic hydroxyl groups excluding tert-OH is 1. The summed E-state index contributed by atoms with van der Waals surface area (Å²) in [7, 11) is 3.17. The van der Waals surface area contributed by atoms with Gasteiger partial charge >= 0.3 is 0 Å². The predicted octanol–water partition coefficient (Wildman–Crippen LogP) is 1.40. The first-order chi connectivity index (χ1) is 10.6. The van der Waals surface area contributed by atoms with Crippen molar-refractivity contribution in [3.63, 3.8) is 0 Å². The van der Waals surface area contributed by atoms with Crippen LogP contribution in [0.3, 0.4) is 0 Å². The number of pyridine rings is 1. The zero-order valence-corrected chi connectivity index (χ0v) is 12.6. The number of aromatic nitrogens is 1. The smallest absolute Gasteiger partial charge is 0.253 e. The van der Waals surface area contributed by atoms with Crippen molar-refractivity contribution < 1.29 is 14.6 Å². The maximum Gasteiger partial charge on any atom is 0.253 e. The molecule has 0 fully saturated rings. The molecular weight excluding hydrogens is 282 g/mol. The Balaban J connectivity index is 2.41. The van der Waals surface area contributed by atoms with Gasteiger partial charge in [-0.25, -0.2) is 0 Å². The average Bonchev–Trinajstić information content (AvgIpc) is 2.54. The van der Waals surface area contributed by atoms with Gasteiger partial charge in [-0.15, -0.1) is 0 Å². The first kappa shape index (κ1) is 15.8. The quantitative estimate of drug-likeness (QED) is 0.871. The van der Waals surface area contributed by atoms with Crippen molar-refractivity contribution in [3.05, 3.63) is 42.1 Å². The zero-order chi connectivity index (χ0) is 16.1. The van der Waals surface area contributed by atoms with Crippen molar-refractivity contribution in [2.75, 3.05) is 33.0 Å². The Hall–Kier alpha value is -2.60. The Kier molecular flexibility index (Phi) is 4.95. The second kappa shape index (κ2) is 6.91. The number of carbonyl (C=O) groups excluding carboxylic acids is 1. The molecule has 0 saturated carbocycles. The number of carbonyl (C=O) groups is 1. The minimum atomic E-state index is -0.168. The van der Waals surface area contributed by atoms with Crippen molar-refractivity contribution in [2.24, 2.45) is 0 Å². The third-order valence-corrected chi connectivity index (χ3v) is 3.30. The summed E-state index contributed by atoms with van der Waals surface area (Å²) in [5.74, 6) is 0.314. The van der Waals surface area contributed by atoms with Crippen LogP contribution in [0.15, 0.2) is 36.5 Å². The van der Waals surface area contributed by atoms with Crippen LogP contribution in [0, 0.1) is 0 Å². The van der Waals surface area contributed by atoms with Crippen LogP contribution < -0.4 is 10.5 Å². The number of hydrogen-bond donors (Lipinski definition) is 2. The number of methoxy groups -OCH3 is 1. The molecule has 0 aliphatic carbocycles. The minimum absolute atomic E-state index is 0.0769. The van der Waals surface area contributed by atoms with Crippen LogP contribution in [0.2, 0.25) is 0 Å². The highest BCUT2D eigenvalue weighted by molar-refractivity contribution is 5.95. The van der Waals surface area contributed by atoms with E-state index in [0.717, 1.165) is 5.56 Å². The maximum absolute atomic E-state index is 12.3. The minimum Gasteiger partial charge on any atom is -0.492 e. The van der Waals surface area contributed by atoms with Gasteiger partial charge in [-0.3, -0.25) is 9.78 Å². The Morgan fingerprint density at radius 1 is 1.41 bits per heavy atom. The molecule has 1 amide bonds. The number of amides is 1. The van der Waals surface area contributed by atoms with Crippen molar-refractivity contribution >= 4 is 11.6 Å². The van der Waals surface area contributed by atoms with Crippen molar-refractivity contribution in [1.29, 1.82) is 0 Å². The lowest BCUT2D eigenvalue weighted by molar-refractivity contribution is 0.0767. The molecule has 0 atom stereocenters. The number of likely N-dealkylation sites (N-methyl/N-ethyl adjacent to an activating group) is 1. The second-order valence-electron chi connectivity index (χ2n) is 4.81. The number of rotatable bonds is 5. The molecule has 1 aromatic heterocycles. The van der Waals surface area contributed by atoms with E-state index in [0.29, 0.717) is 22.7 Å². The number of nitrogens with zero attached hydrogens (tertiary/aromatic N) is 2. The molecule has 0 spiro atoms. The Bertz CT molecular complexity index is 673. The highest BCUT2D eigenvalue weighted by atomic mass is 16.5. The summed E-state index contributed by atoms with van der Waals surface area (Å²) >= 11 is 0. The standard InChI is InChI=1S/C16H19N3O3/c1-19(8-9-20)16(21)12-5-3-4-11(10-12)14-15(22-2)13(17)6-7-18-14/h3-7,10,20H,8-9H2,1-2H3,(H2,17,18). The SMILES string of the molecule is COc1c(N)ccnc1-c1cccc(C(=O)N(C)CCO)c1. The third kappa shape index (κ3) is 3.17. The topological polar surface area (TPSA) is 88.7 Å².